The Hall–Kier alpha value is -3.69. The van der Waals surface area contributed by atoms with E-state index < -0.39 is 21.7 Å². The minimum Gasteiger partial charge on any atom is -0.477 e. The molecule has 0 aliphatic carbocycles. The molecule has 206 valence electrons. The molecule has 0 radical (unpaired) electrons. The minimum absolute atomic E-state index is 0.114. The maximum atomic E-state index is 13.3. The smallest absolute Gasteiger partial charge is 0.262 e. The molecule has 1 aliphatic heterocycles. The van der Waals surface area contributed by atoms with Crippen LogP contribution < -0.4 is 19.7 Å². The molecular weight excluding hydrogens is 514 g/mol. The number of sulfonamides is 1. The second-order valence-electron chi connectivity index (χ2n) is 10.6. The summed E-state index contributed by atoms with van der Waals surface area (Å²) < 4.78 is 33.7. The van der Waals surface area contributed by atoms with E-state index in [0.717, 1.165) is 11.1 Å². The average Bonchev–Trinajstić information content (AvgIpc) is 2.90. The van der Waals surface area contributed by atoms with Gasteiger partial charge in [0.1, 0.15) is 5.75 Å². The average molecular weight is 550 g/mol. The van der Waals surface area contributed by atoms with Crippen LogP contribution in [0.1, 0.15) is 38.3 Å². The highest BCUT2D eigenvalue weighted by atomic mass is 32.2. The molecule has 0 unspecified atom stereocenters. The van der Waals surface area contributed by atoms with Gasteiger partial charge in [0, 0.05) is 18.5 Å². The van der Waals surface area contributed by atoms with Crippen LogP contribution in [0.15, 0.2) is 83.8 Å². The highest BCUT2D eigenvalue weighted by molar-refractivity contribution is 7.89. The quantitative estimate of drug-likeness (QED) is 0.422. The Balaban J connectivity index is 1.38. The van der Waals surface area contributed by atoms with E-state index in [-0.39, 0.29) is 29.7 Å². The lowest BCUT2D eigenvalue weighted by Gasteiger charge is -2.34. The number of hydrogen-bond donors (Lipinski definition) is 2. The first-order chi connectivity index (χ1) is 18.5. The molecular formula is C30H35N3O5S. The van der Waals surface area contributed by atoms with Gasteiger partial charge in [0.15, 0.2) is 6.10 Å². The number of anilines is 1. The molecule has 4 rings (SSSR count). The highest BCUT2D eigenvalue weighted by Crippen LogP contribution is 2.33. The van der Waals surface area contributed by atoms with E-state index in [4.69, 9.17) is 4.74 Å². The van der Waals surface area contributed by atoms with Crippen molar-refractivity contribution in [3.63, 3.8) is 0 Å². The molecule has 0 fully saturated rings. The molecule has 2 N–H and O–H groups in total. The van der Waals surface area contributed by atoms with Crippen LogP contribution in [0, 0.1) is 0 Å². The van der Waals surface area contributed by atoms with Crippen LogP contribution in [0.2, 0.25) is 0 Å². The first kappa shape index (κ1) is 28.3. The number of ether oxygens (including phenoxy) is 1. The maximum absolute atomic E-state index is 13.3. The number of carbonyl (C=O) groups excluding carboxylic acids is 2. The molecule has 0 aromatic heterocycles. The van der Waals surface area contributed by atoms with Crippen LogP contribution in [-0.2, 0) is 32.5 Å². The zero-order valence-electron chi connectivity index (χ0n) is 22.5. The second kappa shape index (κ2) is 12.0. The monoisotopic (exact) mass is 549 g/mol. The summed E-state index contributed by atoms with van der Waals surface area (Å²) in [5.41, 5.74) is 2.01. The summed E-state index contributed by atoms with van der Waals surface area (Å²) in [7, 11) is -3.63. The number of nitrogens with zero attached hydrogens (tertiary/aromatic N) is 1. The third kappa shape index (κ3) is 7.68. The first-order valence-corrected chi connectivity index (χ1v) is 14.5. The van der Waals surface area contributed by atoms with Gasteiger partial charge in [-0.15, -0.1) is 0 Å². The van der Waals surface area contributed by atoms with E-state index in [1.165, 1.54) is 0 Å². The number of carbonyl (C=O) groups is 2. The SMILES string of the molecule is CC(C)(C)NS(=O)(=O)c1ccc(CCC(=O)N2C[C@@H](C(=O)NCCc3ccccc3)Oc3ccccc32)cc1. The summed E-state index contributed by atoms with van der Waals surface area (Å²) in [6, 6.07) is 23.6. The van der Waals surface area contributed by atoms with Crippen molar-refractivity contribution < 1.29 is 22.7 Å². The zero-order valence-corrected chi connectivity index (χ0v) is 23.3. The van der Waals surface area contributed by atoms with Crippen molar-refractivity contribution in [3.8, 4) is 5.75 Å². The molecule has 2 amide bonds. The molecule has 0 bridgehead atoms. The number of amides is 2. The van der Waals surface area contributed by atoms with Crippen molar-refractivity contribution >= 4 is 27.5 Å². The van der Waals surface area contributed by atoms with Crippen molar-refractivity contribution in [1.29, 1.82) is 0 Å². The van der Waals surface area contributed by atoms with Gasteiger partial charge in [-0.05, 0) is 69.0 Å². The molecule has 1 aliphatic rings. The van der Waals surface area contributed by atoms with Crippen LogP contribution in [0.25, 0.3) is 0 Å². The normalized spacial score (nSPS) is 15.3. The van der Waals surface area contributed by atoms with E-state index in [9.17, 15) is 18.0 Å². The largest absolute Gasteiger partial charge is 0.477 e. The number of hydrogen-bond acceptors (Lipinski definition) is 5. The Labute approximate surface area is 230 Å². The lowest BCUT2D eigenvalue weighted by atomic mass is 10.1. The Kier molecular flexibility index (Phi) is 8.72. The van der Waals surface area contributed by atoms with Gasteiger partial charge in [-0.25, -0.2) is 13.1 Å². The van der Waals surface area contributed by atoms with Crippen molar-refractivity contribution in [3.05, 3.63) is 90.0 Å². The number of rotatable bonds is 9. The molecule has 1 heterocycles. The van der Waals surface area contributed by atoms with Crippen LogP contribution in [0.5, 0.6) is 5.75 Å². The lowest BCUT2D eigenvalue weighted by Crippen LogP contribution is -2.51. The van der Waals surface area contributed by atoms with E-state index in [1.807, 2.05) is 36.4 Å². The summed E-state index contributed by atoms with van der Waals surface area (Å²) in [6.45, 7) is 5.94. The fraction of sp³-hybridized carbons (Fsp3) is 0.333. The Morgan fingerprint density at radius 3 is 2.23 bits per heavy atom. The summed E-state index contributed by atoms with van der Waals surface area (Å²) in [5.74, 6) is 0.0825. The highest BCUT2D eigenvalue weighted by Gasteiger charge is 2.33. The fourth-order valence-electron chi connectivity index (χ4n) is 4.38. The number of benzene rings is 3. The predicted molar refractivity (Wildman–Crippen MR) is 151 cm³/mol. The summed E-state index contributed by atoms with van der Waals surface area (Å²) in [6.07, 6.45) is 0.507. The molecule has 3 aromatic rings. The van der Waals surface area contributed by atoms with Crippen molar-refractivity contribution in [2.24, 2.45) is 0 Å². The van der Waals surface area contributed by atoms with E-state index in [0.29, 0.717) is 30.8 Å². The fourth-order valence-corrected chi connectivity index (χ4v) is 5.80. The number of fused-ring (bicyclic) bond motifs is 1. The standard InChI is InChI=1S/C30H35N3O5S/c1-30(2,3)32-39(36,37)24-16-13-23(14-17-24)15-18-28(34)33-21-27(38-26-12-8-7-11-25(26)33)29(35)31-20-19-22-9-5-4-6-10-22/h4-14,16-17,27,32H,15,18-21H2,1-3H3,(H,31,35)/t27-/m0/s1. The molecule has 39 heavy (non-hydrogen) atoms. The molecule has 9 heteroatoms. The van der Waals surface area contributed by atoms with Crippen LogP contribution in [0.3, 0.4) is 0 Å². The van der Waals surface area contributed by atoms with Crippen LogP contribution in [0.4, 0.5) is 5.69 Å². The molecule has 1 atom stereocenters. The van der Waals surface area contributed by atoms with Crippen molar-refractivity contribution in [2.75, 3.05) is 18.0 Å². The summed E-state index contributed by atoms with van der Waals surface area (Å²) >= 11 is 0. The predicted octanol–water partition coefficient (Wildman–Crippen LogP) is 3.85. The van der Waals surface area contributed by atoms with Crippen molar-refractivity contribution in [2.45, 2.75) is 56.6 Å². The van der Waals surface area contributed by atoms with Gasteiger partial charge in [-0.3, -0.25) is 9.59 Å². The van der Waals surface area contributed by atoms with Gasteiger partial charge in [-0.2, -0.15) is 0 Å². The third-order valence-electron chi connectivity index (χ3n) is 6.22. The Morgan fingerprint density at radius 1 is 0.897 bits per heavy atom. The maximum Gasteiger partial charge on any atom is 0.262 e. The van der Waals surface area contributed by atoms with E-state index >= 15 is 0 Å². The molecule has 0 spiro atoms. The number of aryl methyl sites for hydroxylation is 1. The Bertz CT molecular complexity index is 1400. The molecule has 3 aromatic carbocycles. The van der Waals surface area contributed by atoms with Gasteiger partial charge < -0.3 is 15.0 Å². The summed E-state index contributed by atoms with van der Waals surface area (Å²) in [4.78, 5) is 28.0. The first-order valence-electron chi connectivity index (χ1n) is 13.0. The van der Waals surface area contributed by atoms with Gasteiger partial charge in [0.25, 0.3) is 5.91 Å². The summed E-state index contributed by atoms with van der Waals surface area (Å²) in [5, 5.41) is 2.92. The molecule has 0 saturated heterocycles. The molecule has 0 saturated carbocycles. The van der Waals surface area contributed by atoms with Gasteiger partial charge >= 0.3 is 0 Å². The van der Waals surface area contributed by atoms with Crippen LogP contribution >= 0.6 is 0 Å². The minimum atomic E-state index is -3.63. The second-order valence-corrected chi connectivity index (χ2v) is 12.3. The van der Waals surface area contributed by atoms with Gasteiger partial charge in [0.2, 0.25) is 15.9 Å². The van der Waals surface area contributed by atoms with E-state index in [1.54, 1.807) is 68.1 Å². The van der Waals surface area contributed by atoms with Gasteiger partial charge in [0.05, 0.1) is 17.1 Å². The number of para-hydroxylation sites is 2. The Morgan fingerprint density at radius 2 is 1.54 bits per heavy atom. The third-order valence-corrected chi connectivity index (χ3v) is 8.00. The topological polar surface area (TPSA) is 105 Å². The lowest BCUT2D eigenvalue weighted by molar-refractivity contribution is -0.128. The van der Waals surface area contributed by atoms with Crippen molar-refractivity contribution in [1.82, 2.24) is 10.0 Å². The zero-order chi connectivity index (χ0) is 28.0. The molecule has 8 nitrogen and oxygen atoms in total. The van der Waals surface area contributed by atoms with Gasteiger partial charge in [-0.1, -0.05) is 54.6 Å². The van der Waals surface area contributed by atoms with E-state index in [2.05, 4.69) is 10.0 Å². The number of nitrogens with one attached hydrogen (secondary N) is 2. The van der Waals surface area contributed by atoms with Crippen LogP contribution in [-0.4, -0.2) is 45.0 Å².